The Hall–Kier alpha value is -2.30. The second kappa shape index (κ2) is 9.41. The SMILES string of the molecule is Cc1ccc(N)[n+](Cc2ccc(C[n+]3cc(C)ccc3N)cc2)c1.Cl.Cl. The van der Waals surface area contributed by atoms with Gasteiger partial charge in [0.05, 0.1) is 12.4 Å². The van der Waals surface area contributed by atoms with Crippen molar-refractivity contribution in [1.82, 2.24) is 0 Å². The standard InChI is InChI=1S/C20H22N4.2ClH/c1-15-3-9-19(21)23(11-15)13-17-5-7-18(8-6-17)14-24-12-16(2)4-10-20(24)22;;/h3-12,21-22H,13-14H2,1-2H3;2*1H/p+2. The highest BCUT2D eigenvalue weighted by atomic mass is 35.5. The van der Waals surface area contributed by atoms with E-state index in [0.717, 1.165) is 24.7 Å². The van der Waals surface area contributed by atoms with E-state index in [0.29, 0.717) is 0 Å². The third kappa shape index (κ3) is 5.35. The lowest BCUT2D eigenvalue weighted by molar-refractivity contribution is -0.674. The third-order valence-corrected chi connectivity index (χ3v) is 4.15. The van der Waals surface area contributed by atoms with E-state index < -0.39 is 0 Å². The Morgan fingerprint density at radius 3 is 1.31 bits per heavy atom. The molecule has 0 saturated carbocycles. The van der Waals surface area contributed by atoms with E-state index in [4.69, 9.17) is 11.5 Å². The van der Waals surface area contributed by atoms with Crippen molar-refractivity contribution in [1.29, 1.82) is 0 Å². The average molecular weight is 393 g/mol. The lowest BCUT2D eigenvalue weighted by Gasteiger charge is -2.07. The quantitative estimate of drug-likeness (QED) is 0.670. The van der Waals surface area contributed by atoms with Gasteiger partial charge in [-0.1, -0.05) is 24.3 Å². The Morgan fingerprint density at radius 1 is 0.615 bits per heavy atom. The summed E-state index contributed by atoms with van der Waals surface area (Å²) >= 11 is 0. The number of aromatic nitrogens is 2. The van der Waals surface area contributed by atoms with Crippen molar-refractivity contribution in [2.24, 2.45) is 0 Å². The summed E-state index contributed by atoms with van der Waals surface area (Å²) in [6.45, 7) is 5.69. The van der Waals surface area contributed by atoms with Crippen molar-refractivity contribution in [2.45, 2.75) is 26.9 Å². The number of aryl methyl sites for hydroxylation is 2. The smallest absolute Gasteiger partial charge is 0.272 e. The van der Waals surface area contributed by atoms with Gasteiger partial charge >= 0.3 is 0 Å². The summed E-state index contributed by atoms with van der Waals surface area (Å²) in [6, 6.07) is 16.5. The number of nitrogen functional groups attached to an aromatic ring is 2. The van der Waals surface area contributed by atoms with E-state index >= 15 is 0 Å². The van der Waals surface area contributed by atoms with Crippen molar-refractivity contribution >= 4 is 36.4 Å². The van der Waals surface area contributed by atoms with E-state index in [9.17, 15) is 0 Å². The highest BCUT2D eigenvalue weighted by molar-refractivity contribution is 5.85. The van der Waals surface area contributed by atoms with Crippen LogP contribution < -0.4 is 20.6 Å². The first-order chi connectivity index (χ1) is 11.5. The van der Waals surface area contributed by atoms with Crippen LogP contribution in [0.5, 0.6) is 0 Å². The van der Waals surface area contributed by atoms with E-state index in [-0.39, 0.29) is 24.8 Å². The number of nitrogens with zero attached hydrogens (tertiary/aromatic N) is 2. The maximum absolute atomic E-state index is 6.05. The molecule has 2 aromatic heterocycles. The van der Waals surface area contributed by atoms with Crippen LogP contribution in [-0.4, -0.2) is 0 Å². The minimum Gasteiger partial charge on any atom is -0.287 e. The van der Waals surface area contributed by atoms with Crippen molar-refractivity contribution in [2.75, 3.05) is 11.5 Å². The molecule has 3 rings (SSSR count). The first-order valence-corrected chi connectivity index (χ1v) is 8.10. The highest BCUT2D eigenvalue weighted by Crippen LogP contribution is 2.07. The van der Waals surface area contributed by atoms with Gasteiger partial charge in [-0.25, -0.2) is 9.13 Å². The largest absolute Gasteiger partial charge is 0.287 e. The first kappa shape index (κ1) is 21.7. The summed E-state index contributed by atoms with van der Waals surface area (Å²) < 4.78 is 4.13. The zero-order valence-corrected chi connectivity index (χ0v) is 16.7. The molecule has 0 aliphatic rings. The Bertz CT molecular complexity index is 792. The first-order valence-electron chi connectivity index (χ1n) is 8.10. The number of pyridine rings is 2. The molecule has 26 heavy (non-hydrogen) atoms. The van der Waals surface area contributed by atoms with Crippen LogP contribution in [0.25, 0.3) is 0 Å². The number of benzene rings is 1. The fraction of sp³-hybridized carbons (Fsp3) is 0.200. The Labute approximate surface area is 167 Å². The molecule has 0 fully saturated rings. The van der Waals surface area contributed by atoms with Gasteiger partial charge in [0.2, 0.25) is 0 Å². The molecule has 1 aromatic carbocycles. The van der Waals surface area contributed by atoms with Crippen LogP contribution in [0.3, 0.4) is 0 Å². The molecule has 0 aliphatic carbocycles. The monoisotopic (exact) mass is 392 g/mol. The zero-order chi connectivity index (χ0) is 17.1. The van der Waals surface area contributed by atoms with Gasteiger partial charge < -0.3 is 0 Å². The number of hydrogen-bond donors (Lipinski definition) is 2. The van der Waals surface area contributed by atoms with Gasteiger partial charge in [-0.05, 0) is 48.2 Å². The molecule has 0 spiro atoms. The van der Waals surface area contributed by atoms with Gasteiger partial charge in [0, 0.05) is 12.1 Å². The van der Waals surface area contributed by atoms with Crippen LogP contribution in [0.15, 0.2) is 60.9 Å². The molecule has 4 nitrogen and oxygen atoms in total. The van der Waals surface area contributed by atoms with Crippen LogP contribution >= 0.6 is 24.8 Å². The summed E-state index contributed by atoms with van der Waals surface area (Å²) in [4.78, 5) is 0. The zero-order valence-electron chi connectivity index (χ0n) is 15.1. The molecule has 0 radical (unpaired) electrons. The van der Waals surface area contributed by atoms with E-state index in [1.54, 1.807) is 0 Å². The molecule has 3 aromatic rings. The number of halogens is 2. The fourth-order valence-electron chi connectivity index (χ4n) is 2.77. The second-order valence-electron chi connectivity index (χ2n) is 6.33. The van der Waals surface area contributed by atoms with Gasteiger partial charge in [0.15, 0.2) is 0 Å². The number of rotatable bonds is 4. The summed E-state index contributed by atoms with van der Waals surface area (Å²) in [6.07, 6.45) is 4.15. The predicted octanol–water partition coefficient (Wildman–Crippen LogP) is 2.98. The topological polar surface area (TPSA) is 59.8 Å². The maximum atomic E-state index is 6.05. The lowest BCUT2D eigenvalue weighted by Crippen LogP contribution is -2.38. The molecule has 0 saturated heterocycles. The molecule has 138 valence electrons. The van der Waals surface area contributed by atoms with Crippen LogP contribution in [0.4, 0.5) is 11.6 Å². The minimum absolute atomic E-state index is 0. The van der Waals surface area contributed by atoms with E-state index in [1.807, 2.05) is 24.3 Å². The Morgan fingerprint density at radius 2 is 0.962 bits per heavy atom. The average Bonchev–Trinajstić information content (AvgIpc) is 2.56. The minimum atomic E-state index is 0. The summed E-state index contributed by atoms with van der Waals surface area (Å²) in [5.74, 6) is 1.54. The van der Waals surface area contributed by atoms with Gasteiger partial charge in [0.1, 0.15) is 13.1 Å². The van der Waals surface area contributed by atoms with Crippen LogP contribution in [0.2, 0.25) is 0 Å². The van der Waals surface area contributed by atoms with E-state index in [2.05, 4.69) is 59.6 Å². The highest BCUT2D eigenvalue weighted by Gasteiger charge is 2.08. The third-order valence-electron chi connectivity index (χ3n) is 4.15. The molecular weight excluding hydrogens is 367 g/mol. The van der Waals surface area contributed by atoms with Gasteiger partial charge in [-0.2, -0.15) is 0 Å². The van der Waals surface area contributed by atoms with Crippen LogP contribution in [0.1, 0.15) is 22.3 Å². The number of anilines is 2. The second-order valence-corrected chi connectivity index (χ2v) is 6.33. The van der Waals surface area contributed by atoms with Crippen molar-refractivity contribution < 1.29 is 9.13 Å². The van der Waals surface area contributed by atoms with E-state index in [1.165, 1.54) is 22.3 Å². The maximum Gasteiger partial charge on any atom is 0.272 e. The van der Waals surface area contributed by atoms with Crippen molar-refractivity contribution in [3.8, 4) is 0 Å². The molecule has 4 N–H and O–H groups in total. The van der Waals surface area contributed by atoms with Gasteiger partial charge in [-0.15, -0.1) is 24.8 Å². The number of nitrogens with two attached hydrogens (primary N) is 2. The number of hydrogen-bond acceptors (Lipinski definition) is 2. The van der Waals surface area contributed by atoms with Crippen LogP contribution in [0, 0.1) is 13.8 Å². The Balaban J connectivity index is 0.00000169. The normalized spacial score (nSPS) is 9.92. The molecule has 0 atom stereocenters. The van der Waals surface area contributed by atoms with Gasteiger partial charge in [-0.3, -0.25) is 11.5 Å². The molecule has 0 amide bonds. The molecule has 0 unspecified atom stereocenters. The summed E-state index contributed by atoms with van der Waals surface area (Å²) in [5, 5.41) is 0. The molecule has 2 heterocycles. The molecular formula is C20H26Cl2N4+2. The van der Waals surface area contributed by atoms with Gasteiger partial charge in [0.25, 0.3) is 11.6 Å². The fourth-order valence-corrected chi connectivity index (χ4v) is 2.77. The van der Waals surface area contributed by atoms with Crippen molar-refractivity contribution in [3.05, 3.63) is 83.2 Å². The molecule has 0 aliphatic heterocycles. The Kier molecular flexibility index (Phi) is 7.87. The van der Waals surface area contributed by atoms with Crippen molar-refractivity contribution in [3.63, 3.8) is 0 Å². The lowest BCUT2D eigenvalue weighted by atomic mass is 10.1. The molecule has 0 bridgehead atoms. The predicted molar refractivity (Wildman–Crippen MR) is 111 cm³/mol. The summed E-state index contributed by atoms with van der Waals surface area (Å²) in [5.41, 5.74) is 16.9. The summed E-state index contributed by atoms with van der Waals surface area (Å²) in [7, 11) is 0. The van der Waals surface area contributed by atoms with Crippen LogP contribution in [-0.2, 0) is 13.1 Å². The molecule has 6 heteroatoms.